The quantitative estimate of drug-likeness (QED) is 0.558. The molecule has 1 aromatic carbocycles. The topological polar surface area (TPSA) is 26.3 Å². The van der Waals surface area contributed by atoms with E-state index in [4.69, 9.17) is 4.74 Å². The van der Waals surface area contributed by atoms with Gasteiger partial charge in [-0.05, 0) is 26.3 Å². The highest BCUT2D eigenvalue weighted by molar-refractivity contribution is 5.87. The van der Waals surface area contributed by atoms with Crippen molar-refractivity contribution in [3.63, 3.8) is 0 Å². The lowest BCUT2D eigenvalue weighted by atomic mass is 10.1. The molecule has 1 atom stereocenters. The molecular formula is C13H16O2. The van der Waals surface area contributed by atoms with E-state index in [0.717, 1.165) is 5.56 Å². The lowest BCUT2D eigenvalue weighted by molar-refractivity contribution is -0.143. The van der Waals surface area contributed by atoms with Crippen LogP contribution in [-0.2, 0) is 9.53 Å². The van der Waals surface area contributed by atoms with Crippen LogP contribution in [0.1, 0.15) is 32.4 Å². The van der Waals surface area contributed by atoms with E-state index in [2.05, 4.69) is 0 Å². The summed E-state index contributed by atoms with van der Waals surface area (Å²) >= 11 is 0. The second-order valence-electron chi connectivity index (χ2n) is 3.43. The summed E-state index contributed by atoms with van der Waals surface area (Å²) in [4.78, 5) is 11.5. The number of esters is 1. The minimum Gasteiger partial charge on any atom is -0.454 e. The first-order valence-electron chi connectivity index (χ1n) is 5.04. The largest absolute Gasteiger partial charge is 0.454 e. The number of hydrogen-bond donors (Lipinski definition) is 0. The Morgan fingerprint density at radius 1 is 1.33 bits per heavy atom. The Hall–Kier alpha value is -1.57. The van der Waals surface area contributed by atoms with Crippen LogP contribution in [0.3, 0.4) is 0 Å². The van der Waals surface area contributed by atoms with Crippen LogP contribution in [-0.4, -0.2) is 5.97 Å². The monoisotopic (exact) mass is 204 g/mol. The van der Waals surface area contributed by atoms with Gasteiger partial charge in [0.1, 0.15) is 6.10 Å². The summed E-state index contributed by atoms with van der Waals surface area (Å²) in [6, 6.07) is 9.70. The number of ether oxygens (including phenoxy) is 1. The number of benzene rings is 1. The Morgan fingerprint density at radius 3 is 2.47 bits per heavy atom. The molecule has 80 valence electrons. The Balaban J connectivity index is 2.65. The molecular weight excluding hydrogens is 188 g/mol. The van der Waals surface area contributed by atoms with E-state index in [1.807, 2.05) is 44.2 Å². The molecule has 0 bridgehead atoms. The average Bonchev–Trinajstić information content (AvgIpc) is 2.29. The van der Waals surface area contributed by atoms with Crippen LogP contribution < -0.4 is 0 Å². The van der Waals surface area contributed by atoms with Crippen molar-refractivity contribution >= 4 is 5.97 Å². The molecule has 15 heavy (non-hydrogen) atoms. The standard InChI is InChI=1S/C13H16O2/c1-4-10(2)13(14)15-11(3)12-8-6-5-7-9-12/h4-9,11H,1-3H3. The van der Waals surface area contributed by atoms with Gasteiger partial charge in [0.2, 0.25) is 0 Å². The minimum absolute atomic E-state index is 0.200. The van der Waals surface area contributed by atoms with E-state index in [1.54, 1.807) is 13.0 Å². The molecule has 0 spiro atoms. The molecule has 0 aliphatic carbocycles. The molecule has 1 rings (SSSR count). The number of hydrogen-bond acceptors (Lipinski definition) is 2. The molecule has 0 saturated heterocycles. The molecule has 0 aliphatic rings. The van der Waals surface area contributed by atoms with Crippen LogP contribution in [0.15, 0.2) is 42.0 Å². The van der Waals surface area contributed by atoms with Gasteiger partial charge in [0.25, 0.3) is 0 Å². The lowest BCUT2D eigenvalue weighted by Gasteiger charge is -2.13. The first kappa shape index (κ1) is 11.5. The van der Waals surface area contributed by atoms with E-state index in [9.17, 15) is 4.79 Å². The van der Waals surface area contributed by atoms with Gasteiger partial charge in [-0.1, -0.05) is 36.4 Å². The van der Waals surface area contributed by atoms with Gasteiger partial charge in [0.05, 0.1) is 0 Å². The van der Waals surface area contributed by atoms with Crippen LogP contribution in [0.5, 0.6) is 0 Å². The summed E-state index contributed by atoms with van der Waals surface area (Å²) in [5, 5.41) is 0. The van der Waals surface area contributed by atoms with Crippen LogP contribution in [0, 0.1) is 0 Å². The second kappa shape index (κ2) is 5.35. The van der Waals surface area contributed by atoms with Crippen molar-refractivity contribution in [2.24, 2.45) is 0 Å². The Bertz CT molecular complexity index is 352. The van der Waals surface area contributed by atoms with Gasteiger partial charge in [0.15, 0.2) is 0 Å². The van der Waals surface area contributed by atoms with E-state index in [0.29, 0.717) is 5.57 Å². The van der Waals surface area contributed by atoms with E-state index >= 15 is 0 Å². The maximum Gasteiger partial charge on any atom is 0.333 e. The molecule has 0 radical (unpaired) electrons. The maximum absolute atomic E-state index is 11.5. The molecule has 0 aromatic heterocycles. The normalized spacial score (nSPS) is 13.4. The smallest absolute Gasteiger partial charge is 0.333 e. The van der Waals surface area contributed by atoms with Crippen molar-refractivity contribution in [2.45, 2.75) is 26.9 Å². The summed E-state index contributed by atoms with van der Waals surface area (Å²) in [6.45, 7) is 5.44. The van der Waals surface area contributed by atoms with Gasteiger partial charge in [-0.2, -0.15) is 0 Å². The first-order valence-corrected chi connectivity index (χ1v) is 5.04. The minimum atomic E-state index is -0.256. The maximum atomic E-state index is 11.5. The number of rotatable bonds is 3. The highest BCUT2D eigenvalue weighted by Crippen LogP contribution is 2.17. The molecule has 0 fully saturated rings. The highest BCUT2D eigenvalue weighted by Gasteiger charge is 2.11. The van der Waals surface area contributed by atoms with Crippen LogP contribution in [0.25, 0.3) is 0 Å². The fourth-order valence-electron chi connectivity index (χ4n) is 1.16. The van der Waals surface area contributed by atoms with Gasteiger partial charge in [-0.3, -0.25) is 0 Å². The summed E-state index contributed by atoms with van der Waals surface area (Å²) in [6.07, 6.45) is 1.55. The third kappa shape index (κ3) is 3.24. The SMILES string of the molecule is CC=C(C)C(=O)OC(C)c1ccccc1. The Labute approximate surface area is 90.6 Å². The number of carbonyl (C=O) groups excluding carboxylic acids is 1. The molecule has 0 N–H and O–H groups in total. The van der Waals surface area contributed by atoms with Crippen molar-refractivity contribution in [3.05, 3.63) is 47.5 Å². The number of carbonyl (C=O) groups is 1. The summed E-state index contributed by atoms with van der Waals surface area (Å²) in [5.74, 6) is -0.256. The average molecular weight is 204 g/mol. The Morgan fingerprint density at radius 2 is 1.93 bits per heavy atom. The molecule has 1 aromatic rings. The summed E-state index contributed by atoms with van der Waals surface area (Å²) in [7, 11) is 0. The molecule has 0 amide bonds. The number of allylic oxidation sites excluding steroid dienone is 1. The third-order valence-corrected chi connectivity index (χ3v) is 2.31. The van der Waals surface area contributed by atoms with Gasteiger partial charge < -0.3 is 4.74 Å². The first-order chi connectivity index (χ1) is 7.15. The zero-order chi connectivity index (χ0) is 11.3. The summed E-state index contributed by atoms with van der Waals surface area (Å²) in [5.41, 5.74) is 1.65. The Kier molecular flexibility index (Phi) is 4.10. The molecule has 0 heterocycles. The zero-order valence-corrected chi connectivity index (χ0v) is 9.36. The van der Waals surface area contributed by atoms with Gasteiger partial charge in [-0.25, -0.2) is 4.79 Å². The predicted molar refractivity (Wildman–Crippen MR) is 60.4 cm³/mol. The fraction of sp³-hybridized carbons (Fsp3) is 0.308. The van der Waals surface area contributed by atoms with Gasteiger partial charge >= 0.3 is 5.97 Å². The van der Waals surface area contributed by atoms with E-state index in [-0.39, 0.29) is 12.1 Å². The van der Waals surface area contributed by atoms with Crippen molar-refractivity contribution in [3.8, 4) is 0 Å². The second-order valence-corrected chi connectivity index (χ2v) is 3.43. The van der Waals surface area contributed by atoms with Crippen molar-refractivity contribution < 1.29 is 9.53 Å². The summed E-state index contributed by atoms with van der Waals surface area (Å²) < 4.78 is 5.28. The van der Waals surface area contributed by atoms with Crippen molar-refractivity contribution in [1.29, 1.82) is 0 Å². The molecule has 1 unspecified atom stereocenters. The van der Waals surface area contributed by atoms with Gasteiger partial charge in [0, 0.05) is 5.57 Å². The third-order valence-electron chi connectivity index (χ3n) is 2.31. The van der Waals surface area contributed by atoms with E-state index in [1.165, 1.54) is 0 Å². The van der Waals surface area contributed by atoms with Crippen LogP contribution in [0.2, 0.25) is 0 Å². The van der Waals surface area contributed by atoms with Crippen molar-refractivity contribution in [2.75, 3.05) is 0 Å². The van der Waals surface area contributed by atoms with Crippen LogP contribution >= 0.6 is 0 Å². The van der Waals surface area contributed by atoms with Gasteiger partial charge in [-0.15, -0.1) is 0 Å². The van der Waals surface area contributed by atoms with Crippen molar-refractivity contribution in [1.82, 2.24) is 0 Å². The lowest BCUT2D eigenvalue weighted by Crippen LogP contribution is -2.09. The van der Waals surface area contributed by atoms with E-state index < -0.39 is 0 Å². The molecule has 2 nitrogen and oxygen atoms in total. The molecule has 0 saturated carbocycles. The molecule has 0 aliphatic heterocycles. The van der Waals surface area contributed by atoms with Crippen LogP contribution in [0.4, 0.5) is 0 Å². The fourth-order valence-corrected chi connectivity index (χ4v) is 1.16. The zero-order valence-electron chi connectivity index (χ0n) is 9.36. The predicted octanol–water partition coefficient (Wildman–Crippen LogP) is 3.26. The molecule has 2 heteroatoms. The highest BCUT2D eigenvalue weighted by atomic mass is 16.5.